The van der Waals surface area contributed by atoms with E-state index < -0.39 is 0 Å². The number of aromatic nitrogens is 3. The Morgan fingerprint density at radius 1 is 1.16 bits per heavy atom. The summed E-state index contributed by atoms with van der Waals surface area (Å²) in [5.41, 5.74) is 4.51. The standard InChI is InChI=1S/C25H30N4O3/c1-17-5-7-22(31-4)21(13-17)25(9-11-32-12-10-25)16-27-24(30)20-6-8-23(26-15-20)29-19(3)14-18(2)28-29/h5-8,13-15H,9-12,16H2,1-4H3,(H,27,30). The van der Waals surface area contributed by atoms with E-state index in [2.05, 4.69) is 28.4 Å². The number of carbonyl (C=O) groups excluding carboxylic acids is 1. The number of carbonyl (C=O) groups is 1. The van der Waals surface area contributed by atoms with Crippen LogP contribution in [-0.2, 0) is 10.2 Å². The third kappa shape index (κ3) is 4.39. The largest absolute Gasteiger partial charge is 0.496 e. The lowest BCUT2D eigenvalue weighted by Crippen LogP contribution is -2.44. The van der Waals surface area contributed by atoms with Crippen molar-refractivity contribution >= 4 is 5.91 Å². The SMILES string of the molecule is COc1ccc(C)cc1C1(CNC(=O)c2ccc(-n3nc(C)cc3C)nc2)CCOCC1. The number of nitrogens with one attached hydrogen (secondary N) is 1. The van der Waals surface area contributed by atoms with Gasteiger partial charge >= 0.3 is 0 Å². The predicted molar refractivity (Wildman–Crippen MR) is 123 cm³/mol. The van der Waals surface area contributed by atoms with Gasteiger partial charge in [-0.15, -0.1) is 0 Å². The van der Waals surface area contributed by atoms with Crippen LogP contribution < -0.4 is 10.1 Å². The Balaban J connectivity index is 1.53. The van der Waals surface area contributed by atoms with E-state index in [-0.39, 0.29) is 11.3 Å². The van der Waals surface area contributed by atoms with Gasteiger partial charge in [-0.2, -0.15) is 5.10 Å². The Kier molecular flexibility index (Phi) is 6.28. The van der Waals surface area contributed by atoms with E-state index in [1.165, 1.54) is 5.56 Å². The van der Waals surface area contributed by atoms with E-state index in [9.17, 15) is 4.79 Å². The molecule has 1 amide bonds. The van der Waals surface area contributed by atoms with Gasteiger partial charge in [0.2, 0.25) is 0 Å². The highest BCUT2D eigenvalue weighted by molar-refractivity contribution is 5.94. The minimum absolute atomic E-state index is 0.144. The van der Waals surface area contributed by atoms with Crippen molar-refractivity contribution in [2.75, 3.05) is 26.9 Å². The maximum absolute atomic E-state index is 13.0. The zero-order valence-corrected chi connectivity index (χ0v) is 19.1. The fourth-order valence-electron chi connectivity index (χ4n) is 4.40. The number of methoxy groups -OCH3 is 1. The fraction of sp³-hybridized carbons (Fsp3) is 0.400. The molecule has 0 unspecified atom stereocenters. The van der Waals surface area contributed by atoms with E-state index in [1.807, 2.05) is 38.1 Å². The number of hydrogen-bond acceptors (Lipinski definition) is 5. The van der Waals surface area contributed by atoms with Gasteiger partial charge in [0.15, 0.2) is 5.82 Å². The molecule has 168 valence electrons. The molecular weight excluding hydrogens is 404 g/mol. The van der Waals surface area contributed by atoms with Gasteiger partial charge < -0.3 is 14.8 Å². The molecule has 1 fully saturated rings. The Morgan fingerprint density at radius 2 is 1.94 bits per heavy atom. The third-order valence-electron chi connectivity index (χ3n) is 6.20. The average molecular weight is 435 g/mol. The highest BCUT2D eigenvalue weighted by Gasteiger charge is 2.37. The van der Waals surface area contributed by atoms with Gasteiger partial charge in [0.05, 0.1) is 18.4 Å². The van der Waals surface area contributed by atoms with E-state index >= 15 is 0 Å². The second-order valence-electron chi connectivity index (χ2n) is 8.52. The highest BCUT2D eigenvalue weighted by Crippen LogP contribution is 2.40. The molecule has 1 aliphatic heterocycles. The third-order valence-corrected chi connectivity index (χ3v) is 6.20. The van der Waals surface area contributed by atoms with Gasteiger partial charge in [-0.05, 0) is 57.9 Å². The van der Waals surface area contributed by atoms with Crippen LogP contribution in [0.3, 0.4) is 0 Å². The van der Waals surface area contributed by atoms with Gasteiger partial charge in [0.1, 0.15) is 5.75 Å². The number of aryl methyl sites for hydroxylation is 3. The smallest absolute Gasteiger partial charge is 0.252 e. The monoisotopic (exact) mass is 434 g/mol. The van der Waals surface area contributed by atoms with E-state index in [0.717, 1.165) is 35.5 Å². The van der Waals surface area contributed by atoms with Crippen LogP contribution in [0.1, 0.15) is 45.7 Å². The Bertz CT molecular complexity index is 1100. The second-order valence-corrected chi connectivity index (χ2v) is 8.52. The summed E-state index contributed by atoms with van der Waals surface area (Å²) < 4.78 is 13.1. The van der Waals surface area contributed by atoms with Gasteiger partial charge in [-0.1, -0.05) is 17.7 Å². The number of amides is 1. The van der Waals surface area contributed by atoms with Crippen LogP contribution in [0.25, 0.3) is 5.82 Å². The zero-order valence-electron chi connectivity index (χ0n) is 19.1. The summed E-state index contributed by atoms with van der Waals surface area (Å²) in [7, 11) is 1.69. The first-order valence-corrected chi connectivity index (χ1v) is 10.9. The molecule has 7 heteroatoms. The Morgan fingerprint density at radius 3 is 2.56 bits per heavy atom. The van der Waals surface area contributed by atoms with Gasteiger partial charge in [-0.25, -0.2) is 9.67 Å². The van der Waals surface area contributed by atoms with Crippen LogP contribution in [0, 0.1) is 20.8 Å². The maximum Gasteiger partial charge on any atom is 0.252 e. The molecule has 0 saturated carbocycles. The number of benzene rings is 1. The first kappa shape index (κ1) is 22.0. The van der Waals surface area contributed by atoms with Crippen molar-refractivity contribution in [2.24, 2.45) is 0 Å². The molecular formula is C25H30N4O3. The first-order valence-electron chi connectivity index (χ1n) is 10.9. The lowest BCUT2D eigenvalue weighted by Gasteiger charge is -2.38. The molecule has 2 aromatic heterocycles. The van der Waals surface area contributed by atoms with Crippen molar-refractivity contribution in [2.45, 2.75) is 39.0 Å². The summed E-state index contributed by atoms with van der Waals surface area (Å²) in [4.78, 5) is 17.4. The van der Waals surface area contributed by atoms with Crippen molar-refractivity contribution in [1.82, 2.24) is 20.1 Å². The van der Waals surface area contributed by atoms with Crippen LogP contribution in [-0.4, -0.2) is 47.5 Å². The van der Waals surface area contributed by atoms with Crippen molar-refractivity contribution in [3.8, 4) is 11.6 Å². The molecule has 1 aromatic carbocycles. The molecule has 0 radical (unpaired) electrons. The minimum atomic E-state index is -0.234. The molecule has 32 heavy (non-hydrogen) atoms. The summed E-state index contributed by atoms with van der Waals surface area (Å²) in [5, 5.41) is 7.59. The molecule has 0 bridgehead atoms. The first-order chi connectivity index (χ1) is 15.4. The lowest BCUT2D eigenvalue weighted by molar-refractivity contribution is 0.0479. The summed E-state index contributed by atoms with van der Waals surface area (Å²) in [6.45, 7) is 7.83. The average Bonchev–Trinajstić information content (AvgIpc) is 3.16. The summed E-state index contributed by atoms with van der Waals surface area (Å²) in [6.07, 6.45) is 3.25. The number of nitrogens with zero attached hydrogens (tertiary/aromatic N) is 3. The predicted octanol–water partition coefficient (Wildman–Crippen LogP) is 3.68. The molecule has 3 aromatic rings. The van der Waals surface area contributed by atoms with Crippen LogP contribution in [0.4, 0.5) is 0 Å². The quantitative estimate of drug-likeness (QED) is 0.640. The Labute approximate surface area is 188 Å². The normalized spacial score (nSPS) is 15.4. The van der Waals surface area contributed by atoms with Crippen LogP contribution in [0.5, 0.6) is 5.75 Å². The van der Waals surface area contributed by atoms with Crippen LogP contribution in [0.15, 0.2) is 42.6 Å². The maximum atomic E-state index is 13.0. The molecule has 1 saturated heterocycles. The van der Waals surface area contributed by atoms with Gasteiger partial charge in [0.25, 0.3) is 5.91 Å². The van der Waals surface area contributed by atoms with Crippen molar-refractivity contribution < 1.29 is 14.3 Å². The zero-order chi connectivity index (χ0) is 22.7. The van der Waals surface area contributed by atoms with Crippen LogP contribution >= 0.6 is 0 Å². The molecule has 3 heterocycles. The van der Waals surface area contributed by atoms with Crippen molar-refractivity contribution in [3.05, 3.63) is 70.7 Å². The number of pyridine rings is 1. The molecule has 7 nitrogen and oxygen atoms in total. The van der Waals surface area contributed by atoms with Gasteiger partial charge in [-0.3, -0.25) is 4.79 Å². The molecule has 0 atom stereocenters. The number of rotatable bonds is 6. The molecule has 4 rings (SSSR count). The minimum Gasteiger partial charge on any atom is -0.496 e. The molecule has 0 aliphatic carbocycles. The fourth-order valence-corrected chi connectivity index (χ4v) is 4.40. The second kappa shape index (κ2) is 9.12. The van der Waals surface area contributed by atoms with Crippen LogP contribution in [0.2, 0.25) is 0 Å². The lowest BCUT2D eigenvalue weighted by atomic mass is 9.73. The Hall–Kier alpha value is -3.19. The molecule has 1 N–H and O–H groups in total. The summed E-state index contributed by atoms with van der Waals surface area (Å²) >= 11 is 0. The summed E-state index contributed by atoms with van der Waals surface area (Å²) in [6, 6.07) is 11.8. The topological polar surface area (TPSA) is 78.3 Å². The van der Waals surface area contributed by atoms with E-state index in [0.29, 0.717) is 31.1 Å². The highest BCUT2D eigenvalue weighted by atomic mass is 16.5. The van der Waals surface area contributed by atoms with Crippen molar-refractivity contribution in [1.29, 1.82) is 0 Å². The number of hydrogen-bond donors (Lipinski definition) is 1. The van der Waals surface area contributed by atoms with E-state index in [4.69, 9.17) is 9.47 Å². The van der Waals surface area contributed by atoms with Gasteiger partial charge in [0, 0.05) is 42.6 Å². The summed E-state index contributed by atoms with van der Waals surface area (Å²) in [5.74, 6) is 1.40. The molecule has 0 spiro atoms. The number of ether oxygens (including phenoxy) is 2. The van der Waals surface area contributed by atoms with E-state index in [1.54, 1.807) is 24.1 Å². The van der Waals surface area contributed by atoms with Crippen molar-refractivity contribution in [3.63, 3.8) is 0 Å². The molecule has 1 aliphatic rings.